The van der Waals surface area contributed by atoms with Gasteiger partial charge >= 0.3 is 0 Å². The maximum atomic E-state index is 10.3. The van der Waals surface area contributed by atoms with Crippen LogP contribution in [0, 0.1) is 0 Å². The molecule has 1 aromatic carbocycles. The summed E-state index contributed by atoms with van der Waals surface area (Å²) in [6, 6.07) is 10.2. The van der Waals surface area contributed by atoms with E-state index in [2.05, 4.69) is 48.8 Å². The summed E-state index contributed by atoms with van der Waals surface area (Å²) in [5, 5.41) is 12.3. The van der Waals surface area contributed by atoms with Crippen molar-refractivity contribution < 1.29 is 5.11 Å². The van der Waals surface area contributed by atoms with E-state index in [9.17, 15) is 5.11 Å². The highest BCUT2D eigenvalue weighted by atomic mass is 79.9. The van der Waals surface area contributed by atoms with Gasteiger partial charge in [-0.3, -0.25) is 0 Å². The van der Waals surface area contributed by atoms with E-state index in [0.717, 1.165) is 14.9 Å². The molecule has 0 bridgehead atoms. The van der Waals surface area contributed by atoms with Gasteiger partial charge in [0.2, 0.25) is 0 Å². The van der Waals surface area contributed by atoms with Crippen LogP contribution in [0.15, 0.2) is 40.2 Å². The van der Waals surface area contributed by atoms with Crippen LogP contribution in [-0.4, -0.2) is 5.11 Å². The van der Waals surface area contributed by atoms with Crippen molar-refractivity contribution in [2.45, 2.75) is 32.3 Å². The Labute approximate surface area is 121 Å². The van der Waals surface area contributed by atoms with Crippen LogP contribution in [0.1, 0.15) is 42.9 Å². The molecule has 0 saturated carbocycles. The number of aliphatic hydroxyl groups excluding tert-OH is 1. The lowest BCUT2D eigenvalue weighted by Crippen LogP contribution is -2.11. The van der Waals surface area contributed by atoms with E-state index in [0.29, 0.717) is 0 Å². The minimum absolute atomic E-state index is 0.148. The lowest BCUT2D eigenvalue weighted by Gasteiger charge is -2.19. The highest BCUT2D eigenvalue weighted by Crippen LogP contribution is 2.31. The van der Waals surface area contributed by atoms with Crippen molar-refractivity contribution in [2.75, 3.05) is 0 Å². The van der Waals surface area contributed by atoms with Gasteiger partial charge in [-0.1, -0.05) is 45.0 Å². The molecule has 0 amide bonds. The van der Waals surface area contributed by atoms with E-state index in [4.69, 9.17) is 0 Å². The van der Waals surface area contributed by atoms with Crippen molar-refractivity contribution in [1.82, 2.24) is 0 Å². The molecule has 96 valence electrons. The molecule has 1 nitrogen and oxygen atoms in total. The molecule has 0 fully saturated rings. The van der Waals surface area contributed by atoms with Crippen LogP contribution in [0.25, 0.3) is 0 Å². The highest BCUT2D eigenvalue weighted by Gasteiger charge is 2.16. The van der Waals surface area contributed by atoms with Crippen LogP contribution in [0.5, 0.6) is 0 Å². The molecule has 1 N–H and O–H groups in total. The first-order chi connectivity index (χ1) is 8.38. The monoisotopic (exact) mass is 324 g/mol. The predicted octanol–water partition coefficient (Wildman–Crippen LogP) is 4.89. The summed E-state index contributed by atoms with van der Waals surface area (Å²) in [6.07, 6.45) is -0.532. The second kappa shape index (κ2) is 5.16. The number of hydrogen-bond acceptors (Lipinski definition) is 2. The van der Waals surface area contributed by atoms with Crippen LogP contribution in [-0.2, 0) is 5.41 Å². The standard InChI is InChI=1S/C15H17BrOS/c1-15(2,3)11-6-4-10(5-7-11)14(17)13-8-12(16)9-18-13/h4-9,14,17H,1-3H3. The first kappa shape index (κ1) is 13.8. The van der Waals surface area contributed by atoms with Crippen molar-refractivity contribution in [3.05, 3.63) is 56.2 Å². The quantitative estimate of drug-likeness (QED) is 0.833. The molecule has 0 saturated heterocycles. The fourth-order valence-electron chi connectivity index (χ4n) is 1.80. The normalized spacial score (nSPS) is 13.6. The Morgan fingerprint density at radius 3 is 2.22 bits per heavy atom. The van der Waals surface area contributed by atoms with Gasteiger partial charge < -0.3 is 5.11 Å². The van der Waals surface area contributed by atoms with Gasteiger partial charge in [-0.15, -0.1) is 11.3 Å². The largest absolute Gasteiger partial charge is 0.383 e. The molecule has 18 heavy (non-hydrogen) atoms. The van der Waals surface area contributed by atoms with Crippen LogP contribution < -0.4 is 0 Å². The number of aliphatic hydroxyl groups is 1. The highest BCUT2D eigenvalue weighted by molar-refractivity contribution is 9.10. The van der Waals surface area contributed by atoms with Crippen molar-refractivity contribution in [3.63, 3.8) is 0 Å². The predicted molar refractivity (Wildman–Crippen MR) is 81.2 cm³/mol. The van der Waals surface area contributed by atoms with Crippen LogP contribution in [0.2, 0.25) is 0 Å². The van der Waals surface area contributed by atoms with E-state index < -0.39 is 6.10 Å². The topological polar surface area (TPSA) is 20.2 Å². The number of rotatable bonds is 2. The van der Waals surface area contributed by atoms with Crippen LogP contribution in [0.4, 0.5) is 0 Å². The van der Waals surface area contributed by atoms with Crippen molar-refractivity contribution >= 4 is 27.3 Å². The molecule has 0 aliphatic heterocycles. The minimum atomic E-state index is -0.532. The average Bonchev–Trinajstić information content (AvgIpc) is 2.74. The molecule has 2 aromatic rings. The Kier molecular flexibility index (Phi) is 3.95. The van der Waals surface area contributed by atoms with Gasteiger partial charge in [-0.2, -0.15) is 0 Å². The number of benzene rings is 1. The van der Waals surface area contributed by atoms with Crippen LogP contribution >= 0.6 is 27.3 Å². The molecule has 0 radical (unpaired) electrons. The third kappa shape index (κ3) is 3.02. The summed E-state index contributed by atoms with van der Waals surface area (Å²) in [4.78, 5) is 0.963. The smallest absolute Gasteiger partial charge is 0.113 e. The van der Waals surface area contributed by atoms with Gasteiger partial charge in [0.15, 0.2) is 0 Å². The van der Waals surface area contributed by atoms with E-state index >= 15 is 0 Å². The van der Waals surface area contributed by atoms with E-state index in [1.54, 1.807) is 11.3 Å². The molecule has 0 spiro atoms. The van der Waals surface area contributed by atoms with Crippen molar-refractivity contribution in [3.8, 4) is 0 Å². The van der Waals surface area contributed by atoms with E-state index in [1.165, 1.54) is 5.56 Å². The molecule has 1 atom stereocenters. The van der Waals surface area contributed by atoms with Gasteiger partial charge in [0.1, 0.15) is 6.10 Å². The summed E-state index contributed by atoms with van der Waals surface area (Å²) in [5.74, 6) is 0. The molecule has 0 aliphatic rings. The molecular weight excluding hydrogens is 308 g/mol. The summed E-state index contributed by atoms with van der Waals surface area (Å²) in [7, 11) is 0. The van der Waals surface area contributed by atoms with E-state index in [-0.39, 0.29) is 5.41 Å². The van der Waals surface area contributed by atoms with Gasteiger partial charge in [0.25, 0.3) is 0 Å². The third-order valence-electron chi connectivity index (χ3n) is 2.95. The lowest BCUT2D eigenvalue weighted by atomic mass is 9.86. The molecule has 1 aromatic heterocycles. The maximum Gasteiger partial charge on any atom is 0.113 e. The summed E-state index contributed by atoms with van der Waals surface area (Å²) in [5.41, 5.74) is 2.37. The van der Waals surface area contributed by atoms with Crippen LogP contribution in [0.3, 0.4) is 0 Å². The summed E-state index contributed by atoms with van der Waals surface area (Å²) < 4.78 is 1.02. The average molecular weight is 325 g/mol. The zero-order valence-electron chi connectivity index (χ0n) is 10.8. The summed E-state index contributed by atoms with van der Waals surface area (Å²) in [6.45, 7) is 6.57. The zero-order valence-corrected chi connectivity index (χ0v) is 13.2. The number of halogens is 1. The number of hydrogen-bond donors (Lipinski definition) is 1. The first-order valence-corrected chi connectivity index (χ1v) is 7.57. The maximum absolute atomic E-state index is 10.3. The zero-order chi connectivity index (χ0) is 13.3. The van der Waals surface area contributed by atoms with Gasteiger partial charge in [0.05, 0.1) is 0 Å². The number of thiophene rings is 1. The fourth-order valence-corrected chi connectivity index (χ4v) is 3.26. The Hall–Kier alpha value is -0.640. The molecule has 1 unspecified atom stereocenters. The second-order valence-corrected chi connectivity index (χ2v) is 7.30. The summed E-state index contributed by atoms with van der Waals surface area (Å²) >= 11 is 4.98. The van der Waals surface area contributed by atoms with Gasteiger partial charge in [-0.25, -0.2) is 0 Å². The van der Waals surface area contributed by atoms with Crippen molar-refractivity contribution in [2.24, 2.45) is 0 Å². The molecular formula is C15H17BrOS. The Balaban J connectivity index is 2.24. The molecule has 3 heteroatoms. The van der Waals surface area contributed by atoms with Gasteiger partial charge in [-0.05, 0) is 38.5 Å². The molecule has 1 heterocycles. The lowest BCUT2D eigenvalue weighted by molar-refractivity contribution is 0.224. The van der Waals surface area contributed by atoms with Crippen molar-refractivity contribution in [1.29, 1.82) is 0 Å². The Morgan fingerprint density at radius 1 is 1.17 bits per heavy atom. The van der Waals surface area contributed by atoms with E-state index in [1.807, 2.05) is 23.6 Å². The molecule has 0 aliphatic carbocycles. The molecule has 2 rings (SSSR count). The fraction of sp³-hybridized carbons (Fsp3) is 0.333. The second-order valence-electron chi connectivity index (χ2n) is 5.44. The minimum Gasteiger partial charge on any atom is -0.383 e. The van der Waals surface area contributed by atoms with Gasteiger partial charge in [0, 0.05) is 14.7 Å². The Bertz CT molecular complexity index is 522. The SMILES string of the molecule is CC(C)(C)c1ccc(C(O)c2cc(Br)cs2)cc1. The third-order valence-corrected chi connectivity index (χ3v) is 4.70. The first-order valence-electron chi connectivity index (χ1n) is 5.90. The Morgan fingerprint density at radius 2 is 1.78 bits per heavy atom.